The number of anilines is 2. The molecule has 2 aliphatic heterocycles. The van der Waals surface area contributed by atoms with Gasteiger partial charge in [-0.15, -0.1) is 0 Å². The second-order valence-corrected chi connectivity index (χ2v) is 6.11. The fourth-order valence-corrected chi connectivity index (χ4v) is 3.10. The molecule has 2 N–H and O–H groups in total. The molecule has 1 aromatic rings. The Labute approximate surface area is 133 Å². The lowest BCUT2D eigenvalue weighted by Gasteiger charge is -2.35. The van der Waals surface area contributed by atoms with Crippen LogP contribution in [0.25, 0.3) is 0 Å². The number of nitrogens with one attached hydrogen (secondary N) is 2. The van der Waals surface area contributed by atoms with Gasteiger partial charge in [0.15, 0.2) is 0 Å². The Morgan fingerprint density at radius 2 is 2.14 bits per heavy atom. The number of aryl methyl sites for hydroxylation is 1. The molecule has 1 amide bonds. The van der Waals surface area contributed by atoms with Gasteiger partial charge in [0.2, 0.25) is 5.84 Å². The fraction of sp³-hybridized carbons (Fsp3) is 0.529. The van der Waals surface area contributed by atoms with Crippen molar-refractivity contribution in [3.05, 3.63) is 23.8 Å². The normalized spacial score (nSPS) is 23.3. The second kappa shape index (κ2) is 5.30. The van der Waals surface area contributed by atoms with Crippen LogP contribution in [0.4, 0.5) is 11.4 Å². The van der Waals surface area contributed by atoms with Gasteiger partial charge in [0, 0.05) is 6.84 Å². The second-order valence-electron chi connectivity index (χ2n) is 6.11. The molecule has 2 heterocycles. The van der Waals surface area contributed by atoms with E-state index >= 15 is 0 Å². The number of rotatable bonds is 2. The molecule has 5 nitrogen and oxygen atoms in total. The molecule has 0 radical (unpaired) electrons. The molecule has 4 rings (SSSR count). The number of hydrogen-bond donors (Lipinski definition) is 2. The van der Waals surface area contributed by atoms with E-state index < -0.39 is 0 Å². The third-order valence-electron chi connectivity index (χ3n) is 4.69. The third kappa shape index (κ3) is 2.07. The SMILES string of the molecule is CC.CCc1cccc2c1NC(=O)C1=NNC(C3(C)CC3)N12.[HH]. The zero-order valence-electron chi connectivity index (χ0n) is 13.7. The molecule has 22 heavy (non-hydrogen) atoms. The highest BCUT2D eigenvalue weighted by Crippen LogP contribution is 2.52. The Bertz CT molecular complexity index is 639. The van der Waals surface area contributed by atoms with E-state index in [0.717, 1.165) is 17.8 Å². The van der Waals surface area contributed by atoms with Crippen LogP contribution >= 0.6 is 0 Å². The van der Waals surface area contributed by atoms with Crippen LogP contribution in [0, 0.1) is 5.41 Å². The first-order chi connectivity index (χ1) is 10.6. The summed E-state index contributed by atoms with van der Waals surface area (Å²) >= 11 is 0. The minimum atomic E-state index is -0.113. The van der Waals surface area contributed by atoms with Gasteiger partial charge >= 0.3 is 0 Å². The number of amides is 1. The Morgan fingerprint density at radius 1 is 1.41 bits per heavy atom. The molecule has 120 valence electrons. The Kier molecular flexibility index (Phi) is 3.59. The summed E-state index contributed by atoms with van der Waals surface area (Å²) in [5.74, 6) is 0.376. The number of hydrogen-bond acceptors (Lipinski definition) is 4. The smallest absolute Gasteiger partial charge is 0.293 e. The van der Waals surface area contributed by atoms with E-state index in [0.29, 0.717) is 5.84 Å². The Hall–Kier alpha value is -2.04. The summed E-state index contributed by atoms with van der Waals surface area (Å²) in [6.45, 7) is 8.35. The molecular weight excluding hydrogens is 276 g/mol. The zero-order valence-corrected chi connectivity index (χ0v) is 13.7. The molecule has 0 spiro atoms. The molecule has 1 fully saturated rings. The first-order valence-electron chi connectivity index (χ1n) is 8.20. The Balaban J connectivity index is 0.000000617. The lowest BCUT2D eigenvalue weighted by molar-refractivity contribution is -0.110. The molecule has 1 saturated carbocycles. The molecule has 1 unspecified atom stereocenters. The fourth-order valence-electron chi connectivity index (χ4n) is 3.10. The maximum absolute atomic E-state index is 12.3. The third-order valence-corrected chi connectivity index (χ3v) is 4.69. The van der Waals surface area contributed by atoms with Crippen molar-refractivity contribution >= 4 is 23.1 Å². The minimum absolute atomic E-state index is 0. The number of nitrogens with zero attached hydrogens (tertiary/aromatic N) is 2. The van der Waals surface area contributed by atoms with Crippen LogP contribution in [0.5, 0.6) is 0 Å². The first kappa shape index (κ1) is 14.9. The van der Waals surface area contributed by atoms with Gasteiger partial charge in [-0.3, -0.25) is 15.1 Å². The monoisotopic (exact) mass is 302 g/mol. The van der Waals surface area contributed by atoms with Gasteiger partial charge in [-0.25, -0.2) is 0 Å². The molecule has 1 aromatic carbocycles. The van der Waals surface area contributed by atoms with E-state index in [1.807, 2.05) is 13.8 Å². The van der Waals surface area contributed by atoms with Crippen molar-refractivity contribution < 1.29 is 6.22 Å². The number of fused-ring (bicyclic) bond motifs is 3. The molecule has 3 aliphatic rings. The number of amidine groups is 1. The van der Waals surface area contributed by atoms with Crippen molar-refractivity contribution in [2.45, 2.75) is 53.1 Å². The van der Waals surface area contributed by atoms with Crippen LogP contribution in [0.3, 0.4) is 0 Å². The summed E-state index contributed by atoms with van der Waals surface area (Å²) < 4.78 is 0. The highest BCUT2D eigenvalue weighted by Gasteiger charge is 2.53. The minimum Gasteiger partial charge on any atom is -0.317 e. The maximum atomic E-state index is 12.3. The lowest BCUT2D eigenvalue weighted by Crippen LogP contribution is -2.51. The molecule has 0 bridgehead atoms. The molecular formula is C17H26N4O. The molecule has 1 aliphatic carbocycles. The highest BCUT2D eigenvalue weighted by atomic mass is 16.2. The number of carbonyl (C=O) groups is 1. The van der Waals surface area contributed by atoms with E-state index in [1.54, 1.807) is 0 Å². The predicted molar refractivity (Wildman–Crippen MR) is 92.1 cm³/mol. The quantitative estimate of drug-likeness (QED) is 0.881. The molecule has 1 atom stereocenters. The number of hydrazone groups is 1. The van der Waals surface area contributed by atoms with Crippen molar-refractivity contribution in [2.75, 3.05) is 10.2 Å². The van der Waals surface area contributed by atoms with Crippen LogP contribution in [0.1, 0.15) is 47.5 Å². The van der Waals surface area contributed by atoms with Crippen molar-refractivity contribution in [3.8, 4) is 0 Å². The van der Waals surface area contributed by atoms with Gasteiger partial charge in [0.05, 0.1) is 11.4 Å². The van der Waals surface area contributed by atoms with E-state index in [1.165, 1.54) is 18.4 Å². The molecule has 5 heteroatoms. The van der Waals surface area contributed by atoms with Gasteiger partial charge in [-0.2, -0.15) is 5.10 Å². The van der Waals surface area contributed by atoms with Crippen LogP contribution in [0.2, 0.25) is 0 Å². The number of para-hydroxylation sites is 1. The first-order valence-corrected chi connectivity index (χ1v) is 8.20. The molecule has 0 saturated heterocycles. The molecule has 0 aromatic heterocycles. The summed E-state index contributed by atoms with van der Waals surface area (Å²) in [6.07, 6.45) is 3.34. The predicted octanol–water partition coefficient (Wildman–Crippen LogP) is 3.32. The summed E-state index contributed by atoms with van der Waals surface area (Å²) in [6, 6.07) is 6.19. The maximum Gasteiger partial charge on any atom is 0.293 e. The van der Waals surface area contributed by atoms with Crippen LogP contribution < -0.4 is 15.6 Å². The average Bonchev–Trinajstić information content (AvgIpc) is 3.13. The highest BCUT2D eigenvalue weighted by molar-refractivity contribution is 6.49. The zero-order chi connectivity index (χ0) is 15.9. The summed E-state index contributed by atoms with van der Waals surface area (Å²) in [5.41, 5.74) is 6.54. The van der Waals surface area contributed by atoms with E-state index in [-0.39, 0.29) is 18.9 Å². The number of carbonyl (C=O) groups excluding carboxylic acids is 1. The summed E-state index contributed by atoms with van der Waals surface area (Å²) in [4.78, 5) is 14.4. The van der Waals surface area contributed by atoms with Gasteiger partial charge in [-0.1, -0.05) is 39.8 Å². The van der Waals surface area contributed by atoms with E-state index in [2.05, 4.69) is 52.8 Å². The average molecular weight is 302 g/mol. The van der Waals surface area contributed by atoms with Gasteiger partial charge in [0.25, 0.3) is 5.91 Å². The van der Waals surface area contributed by atoms with Gasteiger partial charge in [-0.05, 0) is 30.9 Å². The standard InChI is InChI=1S/C15H18N4O.C2H6.H2/c1-3-9-5-4-6-10-11(9)16-13(20)12-17-18-14(19(10)12)15(2)7-8-15;1-2;/h4-6,14,18H,3,7-8H2,1-2H3,(H,16,20);1-2H3;1H. The summed E-state index contributed by atoms with van der Waals surface area (Å²) in [5, 5.41) is 7.25. The largest absolute Gasteiger partial charge is 0.317 e. The van der Waals surface area contributed by atoms with Crippen molar-refractivity contribution in [2.24, 2.45) is 10.5 Å². The van der Waals surface area contributed by atoms with Crippen molar-refractivity contribution in [3.63, 3.8) is 0 Å². The van der Waals surface area contributed by atoms with Crippen molar-refractivity contribution in [1.82, 2.24) is 5.43 Å². The van der Waals surface area contributed by atoms with E-state index in [9.17, 15) is 4.79 Å². The van der Waals surface area contributed by atoms with Crippen LogP contribution in [-0.4, -0.2) is 17.9 Å². The number of benzene rings is 1. The lowest BCUT2D eigenvalue weighted by atomic mass is 10.0. The Morgan fingerprint density at radius 3 is 2.77 bits per heavy atom. The van der Waals surface area contributed by atoms with Crippen molar-refractivity contribution in [1.29, 1.82) is 0 Å². The summed E-state index contributed by atoms with van der Waals surface area (Å²) in [7, 11) is 0. The van der Waals surface area contributed by atoms with Crippen LogP contribution in [0.15, 0.2) is 23.3 Å². The van der Waals surface area contributed by atoms with Crippen LogP contribution in [-0.2, 0) is 11.2 Å². The van der Waals surface area contributed by atoms with Gasteiger partial charge in [0.1, 0.15) is 6.17 Å². The van der Waals surface area contributed by atoms with Gasteiger partial charge < -0.3 is 5.32 Å². The van der Waals surface area contributed by atoms with E-state index in [4.69, 9.17) is 0 Å². The topological polar surface area (TPSA) is 56.7 Å².